The molecule has 1 fully saturated rings. The highest BCUT2D eigenvalue weighted by atomic mass is 16.5. The van der Waals surface area contributed by atoms with E-state index in [-0.39, 0.29) is 12.5 Å². The Hall–Kier alpha value is -3.35. The zero-order valence-corrected chi connectivity index (χ0v) is 15.4. The molecule has 7 nitrogen and oxygen atoms in total. The minimum absolute atomic E-state index is 0.123. The van der Waals surface area contributed by atoms with Gasteiger partial charge in [-0.15, -0.1) is 0 Å². The lowest BCUT2D eigenvalue weighted by molar-refractivity contribution is -0.131. The summed E-state index contributed by atoms with van der Waals surface area (Å²) in [4.78, 5) is 31.3. The van der Waals surface area contributed by atoms with Gasteiger partial charge in [0.15, 0.2) is 0 Å². The first kappa shape index (κ1) is 17.1. The van der Waals surface area contributed by atoms with E-state index in [0.29, 0.717) is 17.0 Å². The first-order valence-electron chi connectivity index (χ1n) is 8.64. The van der Waals surface area contributed by atoms with Crippen LogP contribution in [0.3, 0.4) is 0 Å². The molecule has 7 heteroatoms. The molecule has 0 bridgehead atoms. The van der Waals surface area contributed by atoms with Crippen molar-refractivity contribution in [3.8, 4) is 5.75 Å². The van der Waals surface area contributed by atoms with Crippen LogP contribution in [0.5, 0.6) is 5.75 Å². The van der Waals surface area contributed by atoms with Crippen molar-refractivity contribution in [1.82, 2.24) is 19.6 Å². The molecule has 4 rings (SSSR count). The number of methoxy groups -OCH3 is 1. The Balaban J connectivity index is 1.62. The third kappa shape index (κ3) is 2.71. The fraction of sp³-hybridized carbons (Fsp3) is 0.250. The third-order valence-corrected chi connectivity index (χ3v) is 4.99. The number of carbonyl (C=O) groups excluding carboxylic acids is 2. The number of rotatable bonds is 4. The van der Waals surface area contributed by atoms with Gasteiger partial charge in [0.1, 0.15) is 16.9 Å². The molecular weight excluding hydrogens is 344 g/mol. The number of amides is 3. The minimum Gasteiger partial charge on any atom is -0.497 e. The molecule has 1 aliphatic heterocycles. The number of aryl methyl sites for hydroxylation is 1. The first-order chi connectivity index (χ1) is 12.9. The van der Waals surface area contributed by atoms with Gasteiger partial charge < -0.3 is 14.5 Å². The second-order valence-corrected chi connectivity index (χ2v) is 6.83. The number of fused-ring (bicyclic) bond motifs is 1. The number of nitrogens with one attached hydrogen (secondary N) is 1. The summed E-state index contributed by atoms with van der Waals surface area (Å²) in [6.07, 6.45) is 3.73. The average molecular weight is 364 g/mol. The van der Waals surface area contributed by atoms with Gasteiger partial charge in [0, 0.05) is 12.4 Å². The summed E-state index contributed by atoms with van der Waals surface area (Å²) < 4.78 is 7.05. The summed E-state index contributed by atoms with van der Waals surface area (Å²) in [7, 11) is 1.58. The Kier molecular flexibility index (Phi) is 3.87. The number of carbonyl (C=O) groups is 2. The molecule has 1 atom stereocenters. The zero-order valence-electron chi connectivity index (χ0n) is 15.4. The van der Waals surface area contributed by atoms with Gasteiger partial charge in [-0.1, -0.05) is 18.2 Å². The summed E-state index contributed by atoms with van der Waals surface area (Å²) in [5, 5.41) is 2.81. The topological polar surface area (TPSA) is 75.9 Å². The van der Waals surface area contributed by atoms with Crippen LogP contribution in [0, 0.1) is 6.92 Å². The second kappa shape index (κ2) is 6.12. The number of hydrogen-bond donors (Lipinski definition) is 1. The summed E-state index contributed by atoms with van der Waals surface area (Å²) in [6, 6.07) is 10.6. The standard InChI is InChI=1S/C20H20N4O3/c1-13-5-4-10-23-11-15(21-17(13)23)12-24-18(25)20(2,22-19(24)26)14-6-8-16(27-3)9-7-14/h4-11H,12H2,1-3H3,(H,22,26)/t20-/m1/s1. The van der Waals surface area contributed by atoms with Crippen molar-refractivity contribution in [2.75, 3.05) is 7.11 Å². The van der Waals surface area contributed by atoms with E-state index >= 15 is 0 Å². The van der Waals surface area contributed by atoms with Crippen molar-refractivity contribution in [2.24, 2.45) is 0 Å². The molecule has 2 aromatic heterocycles. The number of urea groups is 1. The van der Waals surface area contributed by atoms with Crippen LogP contribution in [0.4, 0.5) is 4.79 Å². The lowest BCUT2D eigenvalue weighted by Crippen LogP contribution is -2.40. The van der Waals surface area contributed by atoms with E-state index in [1.807, 2.05) is 35.9 Å². The number of hydrogen-bond acceptors (Lipinski definition) is 4. The van der Waals surface area contributed by atoms with Crippen LogP contribution >= 0.6 is 0 Å². The van der Waals surface area contributed by atoms with E-state index in [4.69, 9.17) is 4.74 Å². The van der Waals surface area contributed by atoms with Crippen molar-refractivity contribution >= 4 is 17.6 Å². The monoisotopic (exact) mass is 364 g/mol. The van der Waals surface area contributed by atoms with Gasteiger partial charge in [0.25, 0.3) is 5.91 Å². The predicted octanol–water partition coefficient (Wildman–Crippen LogP) is 2.62. The lowest BCUT2D eigenvalue weighted by Gasteiger charge is -2.22. The lowest BCUT2D eigenvalue weighted by atomic mass is 9.92. The maximum atomic E-state index is 13.1. The number of aromatic nitrogens is 2. The van der Waals surface area contributed by atoms with E-state index in [2.05, 4.69) is 10.3 Å². The molecular formula is C20H20N4O3. The fourth-order valence-electron chi connectivity index (χ4n) is 3.40. The smallest absolute Gasteiger partial charge is 0.325 e. The first-order valence-corrected chi connectivity index (χ1v) is 8.64. The van der Waals surface area contributed by atoms with Crippen molar-refractivity contribution in [2.45, 2.75) is 25.9 Å². The molecule has 0 radical (unpaired) electrons. The van der Waals surface area contributed by atoms with Crippen LogP contribution in [0.2, 0.25) is 0 Å². The number of imide groups is 1. The minimum atomic E-state index is -1.11. The van der Waals surface area contributed by atoms with Gasteiger partial charge in [0.2, 0.25) is 0 Å². The van der Waals surface area contributed by atoms with Crippen LogP contribution < -0.4 is 10.1 Å². The summed E-state index contributed by atoms with van der Waals surface area (Å²) in [5.74, 6) is 0.391. The fourth-order valence-corrected chi connectivity index (χ4v) is 3.40. The van der Waals surface area contributed by atoms with Gasteiger partial charge in [-0.3, -0.25) is 9.69 Å². The van der Waals surface area contributed by atoms with Crippen molar-refractivity contribution in [3.63, 3.8) is 0 Å². The van der Waals surface area contributed by atoms with E-state index in [1.54, 1.807) is 38.3 Å². The maximum absolute atomic E-state index is 13.1. The SMILES string of the molecule is COc1ccc([C@@]2(C)NC(=O)N(Cc3cn4cccc(C)c4n3)C2=O)cc1. The quantitative estimate of drug-likeness (QED) is 0.722. The molecule has 3 heterocycles. The zero-order chi connectivity index (χ0) is 19.2. The van der Waals surface area contributed by atoms with Crippen molar-refractivity contribution in [3.05, 3.63) is 65.6 Å². The predicted molar refractivity (Wildman–Crippen MR) is 99.4 cm³/mol. The van der Waals surface area contributed by atoms with E-state index < -0.39 is 11.6 Å². The van der Waals surface area contributed by atoms with Crippen LogP contribution in [0.1, 0.15) is 23.7 Å². The van der Waals surface area contributed by atoms with Gasteiger partial charge in [-0.25, -0.2) is 9.78 Å². The van der Waals surface area contributed by atoms with Crippen molar-refractivity contribution in [1.29, 1.82) is 0 Å². The van der Waals surface area contributed by atoms with Crippen LogP contribution in [-0.4, -0.2) is 33.3 Å². The largest absolute Gasteiger partial charge is 0.497 e. The Labute approximate surface area is 156 Å². The number of imidazole rings is 1. The highest BCUT2D eigenvalue weighted by Crippen LogP contribution is 2.30. The van der Waals surface area contributed by atoms with Gasteiger partial charge >= 0.3 is 6.03 Å². The second-order valence-electron chi connectivity index (χ2n) is 6.83. The van der Waals surface area contributed by atoms with Crippen LogP contribution in [0.25, 0.3) is 5.65 Å². The Morgan fingerprint density at radius 1 is 1.19 bits per heavy atom. The molecule has 27 heavy (non-hydrogen) atoms. The Bertz CT molecular complexity index is 1040. The molecule has 0 spiro atoms. The molecule has 3 aromatic rings. The number of nitrogens with zero attached hydrogens (tertiary/aromatic N) is 3. The molecule has 1 N–H and O–H groups in total. The van der Waals surface area contributed by atoms with Crippen LogP contribution in [-0.2, 0) is 16.9 Å². The molecule has 1 aromatic carbocycles. The summed E-state index contributed by atoms with van der Waals surface area (Å²) in [5.41, 5.74) is 2.10. The highest BCUT2D eigenvalue weighted by Gasteiger charge is 2.49. The third-order valence-electron chi connectivity index (χ3n) is 4.99. The Morgan fingerprint density at radius 3 is 2.59 bits per heavy atom. The average Bonchev–Trinajstić information content (AvgIpc) is 3.18. The normalized spacial score (nSPS) is 19.6. The number of ether oxygens (including phenoxy) is 1. The molecule has 1 aliphatic rings. The number of benzene rings is 1. The molecule has 0 saturated carbocycles. The number of pyridine rings is 1. The van der Waals surface area contributed by atoms with Crippen LogP contribution in [0.15, 0.2) is 48.8 Å². The maximum Gasteiger partial charge on any atom is 0.325 e. The van der Waals surface area contributed by atoms with E-state index in [0.717, 1.165) is 11.2 Å². The van der Waals surface area contributed by atoms with Gasteiger partial charge in [-0.05, 0) is 43.2 Å². The Morgan fingerprint density at radius 2 is 1.93 bits per heavy atom. The summed E-state index contributed by atoms with van der Waals surface area (Å²) >= 11 is 0. The molecule has 0 aliphatic carbocycles. The van der Waals surface area contributed by atoms with Gasteiger partial charge in [0.05, 0.1) is 19.3 Å². The molecule has 0 unspecified atom stereocenters. The van der Waals surface area contributed by atoms with Crippen molar-refractivity contribution < 1.29 is 14.3 Å². The highest BCUT2D eigenvalue weighted by molar-refractivity contribution is 6.07. The van der Waals surface area contributed by atoms with Gasteiger partial charge in [-0.2, -0.15) is 0 Å². The molecule has 3 amide bonds. The van der Waals surface area contributed by atoms with E-state index in [1.165, 1.54) is 4.90 Å². The molecule has 1 saturated heterocycles. The summed E-state index contributed by atoms with van der Waals surface area (Å²) in [6.45, 7) is 3.81. The van der Waals surface area contributed by atoms with E-state index in [9.17, 15) is 9.59 Å². The molecule has 138 valence electrons.